The summed E-state index contributed by atoms with van der Waals surface area (Å²) in [4.78, 5) is 2.14. The quantitative estimate of drug-likeness (QED) is 0.824. The minimum absolute atomic E-state index is 0.0378. The van der Waals surface area contributed by atoms with Crippen molar-refractivity contribution >= 4 is 10.0 Å². The van der Waals surface area contributed by atoms with Gasteiger partial charge in [-0.05, 0) is 25.3 Å². The Bertz CT molecular complexity index is 708. The molecule has 2 atom stereocenters. The fraction of sp³-hybridized carbons (Fsp3) is 0.647. The van der Waals surface area contributed by atoms with E-state index >= 15 is 0 Å². The van der Waals surface area contributed by atoms with Crippen LogP contribution in [0.3, 0.4) is 0 Å². The van der Waals surface area contributed by atoms with Crippen LogP contribution >= 0.6 is 0 Å². The highest BCUT2D eigenvalue weighted by Crippen LogP contribution is 2.35. The molecule has 3 aliphatic rings. The zero-order valence-electron chi connectivity index (χ0n) is 13.6. The van der Waals surface area contributed by atoms with Crippen LogP contribution in [0.4, 0.5) is 4.39 Å². The summed E-state index contributed by atoms with van der Waals surface area (Å²) in [5.74, 6) is -0.207. The average Bonchev–Trinajstić information content (AvgIpc) is 3.42. The second kappa shape index (κ2) is 6.37. The number of morpholine rings is 1. The molecule has 0 amide bonds. The third kappa shape index (κ3) is 3.10. The van der Waals surface area contributed by atoms with Crippen LogP contribution in [0, 0.1) is 5.82 Å². The van der Waals surface area contributed by atoms with E-state index in [1.54, 1.807) is 16.4 Å². The number of sulfonamides is 1. The molecule has 5 nitrogen and oxygen atoms in total. The van der Waals surface area contributed by atoms with Gasteiger partial charge in [0.15, 0.2) is 0 Å². The van der Waals surface area contributed by atoms with Gasteiger partial charge < -0.3 is 4.74 Å². The van der Waals surface area contributed by atoms with Crippen LogP contribution in [0.25, 0.3) is 0 Å². The van der Waals surface area contributed by atoms with E-state index in [0.29, 0.717) is 31.8 Å². The van der Waals surface area contributed by atoms with Gasteiger partial charge in [-0.15, -0.1) is 0 Å². The molecule has 0 bridgehead atoms. The van der Waals surface area contributed by atoms with Crippen LogP contribution in [0.15, 0.2) is 24.3 Å². The topological polar surface area (TPSA) is 49.9 Å². The van der Waals surface area contributed by atoms with Crippen molar-refractivity contribution in [1.29, 1.82) is 0 Å². The van der Waals surface area contributed by atoms with Gasteiger partial charge in [0, 0.05) is 31.7 Å². The number of benzene rings is 1. The lowest BCUT2D eigenvalue weighted by atomic mass is 10.00. The average molecular weight is 354 g/mol. The Hall–Kier alpha value is -1.02. The number of piperidine rings is 1. The molecule has 4 rings (SSSR count). The second-order valence-corrected chi connectivity index (χ2v) is 9.11. The molecule has 1 saturated carbocycles. The maximum atomic E-state index is 13.9. The van der Waals surface area contributed by atoms with E-state index in [0.717, 1.165) is 25.8 Å². The Balaban J connectivity index is 1.50. The van der Waals surface area contributed by atoms with Gasteiger partial charge in [-0.1, -0.05) is 18.2 Å². The van der Waals surface area contributed by atoms with Crippen molar-refractivity contribution in [2.24, 2.45) is 0 Å². The summed E-state index contributed by atoms with van der Waals surface area (Å²) in [5, 5.41) is -0.196. The van der Waals surface area contributed by atoms with Gasteiger partial charge in [0.05, 0.1) is 24.0 Å². The smallest absolute Gasteiger partial charge is 0.217 e. The third-order valence-electron chi connectivity index (χ3n) is 5.24. The SMILES string of the molecule is O=S(=O)(C1CC1)N1CCO[C@H]2CCN(Cc3ccccc3F)C[C@@H]21. The van der Waals surface area contributed by atoms with Crippen LogP contribution in [0.2, 0.25) is 0 Å². The molecule has 7 heteroatoms. The summed E-state index contributed by atoms with van der Waals surface area (Å²) in [7, 11) is -3.21. The molecule has 0 spiro atoms. The van der Waals surface area contributed by atoms with E-state index in [4.69, 9.17) is 4.74 Å². The fourth-order valence-electron chi connectivity index (χ4n) is 3.79. The normalized spacial score (nSPS) is 29.4. The predicted molar refractivity (Wildman–Crippen MR) is 88.5 cm³/mol. The molecule has 24 heavy (non-hydrogen) atoms. The van der Waals surface area contributed by atoms with E-state index in [1.165, 1.54) is 6.07 Å². The molecule has 0 N–H and O–H groups in total. The molecule has 1 aromatic carbocycles. The Labute approximate surface area is 142 Å². The zero-order valence-corrected chi connectivity index (χ0v) is 14.4. The third-order valence-corrected chi connectivity index (χ3v) is 7.66. The summed E-state index contributed by atoms with van der Waals surface area (Å²) >= 11 is 0. The van der Waals surface area contributed by atoms with E-state index in [9.17, 15) is 12.8 Å². The highest BCUT2D eigenvalue weighted by atomic mass is 32.2. The van der Waals surface area contributed by atoms with Crippen molar-refractivity contribution in [2.45, 2.75) is 43.2 Å². The van der Waals surface area contributed by atoms with Crippen molar-refractivity contribution in [2.75, 3.05) is 26.2 Å². The highest BCUT2D eigenvalue weighted by molar-refractivity contribution is 7.90. The van der Waals surface area contributed by atoms with Crippen LogP contribution in [-0.4, -0.2) is 61.3 Å². The first kappa shape index (κ1) is 16.4. The minimum atomic E-state index is -3.21. The summed E-state index contributed by atoms with van der Waals surface area (Å²) in [6, 6.07) is 6.63. The number of hydrogen-bond acceptors (Lipinski definition) is 4. The van der Waals surface area contributed by atoms with Crippen molar-refractivity contribution in [3.8, 4) is 0 Å². The maximum absolute atomic E-state index is 13.9. The first-order chi connectivity index (χ1) is 11.6. The monoisotopic (exact) mass is 354 g/mol. The Morgan fingerprint density at radius 1 is 1.17 bits per heavy atom. The lowest BCUT2D eigenvalue weighted by Gasteiger charge is -2.46. The van der Waals surface area contributed by atoms with Crippen LogP contribution < -0.4 is 0 Å². The summed E-state index contributed by atoms with van der Waals surface area (Å²) < 4.78 is 46.8. The summed E-state index contributed by atoms with van der Waals surface area (Å²) in [6.45, 7) is 2.82. The molecule has 0 aromatic heterocycles. The van der Waals surface area contributed by atoms with Gasteiger partial charge in [-0.3, -0.25) is 4.90 Å². The van der Waals surface area contributed by atoms with E-state index in [2.05, 4.69) is 4.90 Å². The van der Waals surface area contributed by atoms with Crippen LogP contribution in [0.5, 0.6) is 0 Å². The van der Waals surface area contributed by atoms with Crippen molar-refractivity contribution in [3.05, 3.63) is 35.6 Å². The van der Waals surface area contributed by atoms with Crippen molar-refractivity contribution in [3.63, 3.8) is 0 Å². The number of ether oxygens (including phenoxy) is 1. The molecule has 2 aliphatic heterocycles. The lowest BCUT2D eigenvalue weighted by Crippen LogP contribution is -2.61. The van der Waals surface area contributed by atoms with Crippen LogP contribution in [-0.2, 0) is 21.3 Å². The lowest BCUT2D eigenvalue weighted by molar-refractivity contribution is -0.0771. The molecule has 2 saturated heterocycles. The summed E-state index contributed by atoms with van der Waals surface area (Å²) in [6.07, 6.45) is 2.30. The molecule has 3 fully saturated rings. The van der Waals surface area contributed by atoms with Gasteiger partial charge in [0.25, 0.3) is 0 Å². The first-order valence-electron chi connectivity index (χ1n) is 8.64. The minimum Gasteiger partial charge on any atom is -0.375 e. The number of hydrogen-bond donors (Lipinski definition) is 0. The fourth-order valence-corrected chi connectivity index (χ4v) is 5.81. The Kier molecular flexibility index (Phi) is 4.36. The highest BCUT2D eigenvalue weighted by Gasteiger charge is 2.47. The van der Waals surface area contributed by atoms with Gasteiger partial charge >= 0.3 is 0 Å². The number of fused-ring (bicyclic) bond motifs is 1. The number of rotatable bonds is 4. The molecule has 1 aliphatic carbocycles. The second-order valence-electron chi connectivity index (χ2n) is 6.95. The van der Waals surface area contributed by atoms with Crippen molar-refractivity contribution in [1.82, 2.24) is 9.21 Å². The maximum Gasteiger partial charge on any atom is 0.217 e. The Morgan fingerprint density at radius 2 is 1.96 bits per heavy atom. The number of halogens is 1. The first-order valence-corrected chi connectivity index (χ1v) is 10.1. The van der Waals surface area contributed by atoms with Gasteiger partial charge in [0.2, 0.25) is 10.0 Å². The molecule has 132 valence electrons. The molecule has 0 radical (unpaired) electrons. The van der Waals surface area contributed by atoms with Gasteiger partial charge in [-0.2, -0.15) is 4.31 Å². The standard InChI is InChI=1S/C17H23FN2O3S/c18-15-4-2-1-3-13(15)11-19-8-7-17-16(12-19)20(9-10-23-17)24(21,22)14-5-6-14/h1-4,14,16-17H,5-12H2/t16-,17-/m0/s1. The van der Waals surface area contributed by atoms with E-state index < -0.39 is 10.0 Å². The number of nitrogens with zero attached hydrogens (tertiary/aromatic N) is 2. The molecule has 0 unspecified atom stereocenters. The molecule has 2 heterocycles. The summed E-state index contributed by atoms with van der Waals surface area (Å²) in [5.41, 5.74) is 0.657. The number of likely N-dealkylation sites (tertiary alicyclic amines) is 1. The van der Waals surface area contributed by atoms with Crippen molar-refractivity contribution < 1.29 is 17.5 Å². The largest absolute Gasteiger partial charge is 0.375 e. The van der Waals surface area contributed by atoms with Gasteiger partial charge in [0.1, 0.15) is 5.82 Å². The van der Waals surface area contributed by atoms with Crippen LogP contribution in [0.1, 0.15) is 24.8 Å². The molecule has 1 aromatic rings. The van der Waals surface area contributed by atoms with E-state index in [1.807, 2.05) is 6.07 Å². The Morgan fingerprint density at radius 3 is 2.71 bits per heavy atom. The van der Waals surface area contributed by atoms with Gasteiger partial charge in [-0.25, -0.2) is 12.8 Å². The molecular weight excluding hydrogens is 331 g/mol. The zero-order chi connectivity index (χ0) is 16.7. The van der Waals surface area contributed by atoms with E-state index in [-0.39, 0.29) is 23.2 Å². The predicted octanol–water partition coefficient (Wildman–Crippen LogP) is 1.59. The molecular formula is C17H23FN2O3S.